The van der Waals surface area contributed by atoms with Crippen molar-refractivity contribution in [1.29, 1.82) is 0 Å². The average molecular weight is 816 g/mol. The summed E-state index contributed by atoms with van der Waals surface area (Å²) in [5.41, 5.74) is 5.33. The number of hydrogen-bond donors (Lipinski definition) is 3. The first-order chi connectivity index (χ1) is 27.1. The third kappa shape index (κ3) is 38.8. The third-order valence-electron chi connectivity index (χ3n) is 9.67. The van der Waals surface area contributed by atoms with E-state index in [-0.39, 0.29) is 19.4 Å². The minimum absolute atomic E-state index is 0.156. The largest absolute Gasteiger partial charge is 0.480 e. The smallest absolute Gasteiger partial charge is 0.472 e. The van der Waals surface area contributed by atoms with Gasteiger partial charge in [-0.3, -0.25) is 23.4 Å². The number of ether oxygens (including phenoxy) is 2. The molecule has 0 aromatic rings. The van der Waals surface area contributed by atoms with E-state index >= 15 is 0 Å². The summed E-state index contributed by atoms with van der Waals surface area (Å²) in [4.78, 5) is 46.0. The van der Waals surface area contributed by atoms with Crippen LogP contribution in [-0.4, -0.2) is 59.9 Å². The van der Waals surface area contributed by atoms with Crippen LogP contribution in [0.15, 0.2) is 24.3 Å². The van der Waals surface area contributed by atoms with E-state index in [4.69, 9.17) is 24.8 Å². The average Bonchev–Trinajstić information content (AvgIpc) is 3.17. The van der Waals surface area contributed by atoms with Crippen LogP contribution < -0.4 is 5.73 Å². The lowest BCUT2D eigenvalue weighted by atomic mass is 10.1. The second kappa shape index (κ2) is 39.8. The molecule has 11 nitrogen and oxygen atoms in total. The van der Waals surface area contributed by atoms with Gasteiger partial charge in [-0.05, 0) is 64.2 Å². The molecule has 0 amide bonds. The van der Waals surface area contributed by atoms with Gasteiger partial charge in [-0.1, -0.05) is 154 Å². The monoisotopic (exact) mass is 816 g/mol. The van der Waals surface area contributed by atoms with Crippen molar-refractivity contribution in [1.82, 2.24) is 0 Å². The maximum atomic E-state index is 12.6. The summed E-state index contributed by atoms with van der Waals surface area (Å²) in [6.45, 7) is 2.79. The molecule has 3 atom stereocenters. The predicted molar refractivity (Wildman–Crippen MR) is 226 cm³/mol. The van der Waals surface area contributed by atoms with Crippen LogP contribution >= 0.6 is 7.82 Å². The number of allylic oxidation sites excluding steroid dienone is 4. The number of carbonyl (C=O) groups is 3. The minimum atomic E-state index is -4.72. The van der Waals surface area contributed by atoms with E-state index in [1.165, 1.54) is 103 Å². The van der Waals surface area contributed by atoms with Crippen molar-refractivity contribution in [2.75, 3.05) is 19.8 Å². The maximum Gasteiger partial charge on any atom is 0.472 e. The van der Waals surface area contributed by atoms with Crippen LogP contribution in [0.5, 0.6) is 0 Å². The summed E-state index contributed by atoms with van der Waals surface area (Å²) in [5, 5.41) is 8.89. The molecule has 0 aliphatic carbocycles. The first kappa shape index (κ1) is 54.0. The van der Waals surface area contributed by atoms with Gasteiger partial charge in [-0.2, -0.15) is 0 Å². The van der Waals surface area contributed by atoms with Crippen LogP contribution in [0.4, 0.5) is 0 Å². The molecule has 0 bridgehead atoms. The summed E-state index contributed by atoms with van der Waals surface area (Å²) in [6, 6.07) is -1.52. The molecule has 0 radical (unpaired) electrons. The lowest BCUT2D eigenvalue weighted by molar-refractivity contribution is -0.161. The first-order valence-electron chi connectivity index (χ1n) is 22.4. The molecule has 4 N–H and O–H groups in total. The molecule has 0 rings (SSSR count). The van der Waals surface area contributed by atoms with Gasteiger partial charge in [0.2, 0.25) is 0 Å². The normalized spacial score (nSPS) is 13.9. The number of phosphoric acid groups is 1. The molecular weight excluding hydrogens is 733 g/mol. The highest BCUT2D eigenvalue weighted by Crippen LogP contribution is 2.43. The molecule has 0 aliphatic rings. The van der Waals surface area contributed by atoms with Gasteiger partial charge in [0.05, 0.1) is 13.2 Å². The Balaban J connectivity index is 4.35. The number of carboxylic acid groups (broad SMARTS) is 1. The van der Waals surface area contributed by atoms with Crippen LogP contribution in [0.25, 0.3) is 0 Å². The Labute approximate surface area is 340 Å². The summed E-state index contributed by atoms with van der Waals surface area (Å²) in [6.07, 6.45) is 40.9. The fraction of sp³-hybridized carbons (Fsp3) is 0.841. The number of phosphoric ester groups is 1. The van der Waals surface area contributed by atoms with Gasteiger partial charge in [0.15, 0.2) is 6.10 Å². The first-order valence-corrected chi connectivity index (χ1v) is 23.9. The zero-order chi connectivity index (χ0) is 41.4. The fourth-order valence-electron chi connectivity index (χ4n) is 6.11. The summed E-state index contributed by atoms with van der Waals surface area (Å²) < 4.78 is 32.7. The fourth-order valence-corrected chi connectivity index (χ4v) is 6.89. The Morgan fingerprint density at radius 3 is 1.30 bits per heavy atom. The van der Waals surface area contributed by atoms with Gasteiger partial charge in [0, 0.05) is 12.8 Å². The van der Waals surface area contributed by atoms with Gasteiger partial charge >= 0.3 is 25.7 Å². The van der Waals surface area contributed by atoms with Crippen molar-refractivity contribution in [3.05, 3.63) is 24.3 Å². The quantitative estimate of drug-likeness (QED) is 0.0232. The van der Waals surface area contributed by atoms with E-state index in [1.54, 1.807) is 0 Å². The highest BCUT2D eigenvalue weighted by atomic mass is 31.2. The van der Waals surface area contributed by atoms with Crippen molar-refractivity contribution >= 4 is 25.7 Å². The summed E-state index contributed by atoms with van der Waals surface area (Å²) in [7, 11) is -4.72. The summed E-state index contributed by atoms with van der Waals surface area (Å²) in [5.74, 6) is -2.39. The highest BCUT2D eigenvalue weighted by molar-refractivity contribution is 7.47. The SMILES string of the molecule is CCCCCCC/C=C\CCCCCCCC(=O)OCC(COP(=O)(O)OCC(N)C(=O)O)OC(=O)CCCCCCCCC/C=C\CCCCCCCCC. The Bertz CT molecular complexity index is 1050. The number of carboxylic acids is 1. The zero-order valence-electron chi connectivity index (χ0n) is 35.5. The Kier molecular flexibility index (Phi) is 38.3. The topological polar surface area (TPSA) is 172 Å². The lowest BCUT2D eigenvalue weighted by Crippen LogP contribution is -2.34. The predicted octanol–water partition coefficient (Wildman–Crippen LogP) is 11.8. The van der Waals surface area contributed by atoms with Gasteiger partial charge in [-0.15, -0.1) is 0 Å². The number of hydrogen-bond acceptors (Lipinski definition) is 9. The lowest BCUT2D eigenvalue weighted by Gasteiger charge is -2.20. The molecule has 12 heteroatoms. The Hall–Kier alpha value is -2.04. The van der Waals surface area contributed by atoms with Crippen LogP contribution in [0.3, 0.4) is 0 Å². The number of rotatable bonds is 42. The number of aliphatic carboxylic acids is 1. The van der Waals surface area contributed by atoms with Crippen molar-refractivity contribution in [2.24, 2.45) is 5.73 Å². The van der Waals surface area contributed by atoms with Gasteiger partial charge < -0.3 is 25.2 Å². The number of nitrogens with two attached hydrogens (primary N) is 1. The van der Waals surface area contributed by atoms with Gasteiger partial charge in [0.25, 0.3) is 0 Å². The van der Waals surface area contributed by atoms with Crippen LogP contribution in [-0.2, 0) is 37.5 Å². The maximum absolute atomic E-state index is 12.6. The molecule has 328 valence electrons. The van der Waals surface area contributed by atoms with Crippen LogP contribution in [0, 0.1) is 0 Å². The molecule has 0 saturated heterocycles. The van der Waals surface area contributed by atoms with Gasteiger partial charge in [0.1, 0.15) is 12.6 Å². The molecule has 0 heterocycles. The molecule has 0 aromatic carbocycles. The minimum Gasteiger partial charge on any atom is -0.480 e. The van der Waals surface area contributed by atoms with E-state index in [0.29, 0.717) is 12.8 Å². The third-order valence-corrected chi connectivity index (χ3v) is 10.6. The number of unbranched alkanes of at least 4 members (excludes halogenated alkanes) is 24. The number of esters is 2. The van der Waals surface area contributed by atoms with Crippen molar-refractivity contribution in [3.8, 4) is 0 Å². The van der Waals surface area contributed by atoms with Gasteiger partial charge in [-0.25, -0.2) is 4.57 Å². The van der Waals surface area contributed by atoms with Crippen LogP contribution in [0.2, 0.25) is 0 Å². The molecule has 0 saturated carbocycles. The molecule has 0 aliphatic heterocycles. The van der Waals surface area contributed by atoms with E-state index in [2.05, 4.69) is 42.7 Å². The second-order valence-corrected chi connectivity index (χ2v) is 16.6. The van der Waals surface area contributed by atoms with E-state index in [9.17, 15) is 23.8 Å². The molecule has 0 aromatic heterocycles. The molecule has 3 unspecified atom stereocenters. The van der Waals surface area contributed by atoms with E-state index < -0.39 is 51.1 Å². The van der Waals surface area contributed by atoms with Crippen molar-refractivity contribution in [3.63, 3.8) is 0 Å². The molecule has 0 fully saturated rings. The van der Waals surface area contributed by atoms with Crippen molar-refractivity contribution < 1.29 is 47.5 Å². The second-order valence-electron chi connectivity index (χ2n) is 15.2. The standard InChI is InChI=1S/C44H82NO10P/c1-3-5-7-9-11-13-15-17-19-20-21-22-24-26-28-30-32-34-36-43(47)55-40(38-53-56(50,51)54-39-41(45)44(48)49)37-52-42(46)35-33-31-29-27-25-23-18-16-14-12-10-8-6-4-2/h16,18-20,40-41H,3-15,17,21-39,45H2,1-2H3,(H,48,49)(H,50,51)/b18-16-,20-19-. The Morgan fingerprint density at radius 1 is 0.536 bits per heavy atom. The zero-order valence-corrected chi connectivity index (χ0v) is 36.4. The van der Waals surface area contributed by atoms with Crippen LogP contribution in [0.1, 0.15) is 206 Å². The molecular formula is C44H82NO10P. The van der Waals surface area contributed by atoms with E-state index in [1.807, 2.05) is 0 Å². The Morgan fingerprint density at radius 2 is 0.893 bits per heavy atom. The molecule has 56 heavy (non-hydrogen) atoms. The molecule has 0 spiro atoms. The van der Waals surface area contributed by atoms with E-state index in [0.717, 1.165) is 64.2 Å². The summed E-state index contributed by atoms with van der Waals surface area (Å²) >= 11 is 0. The number of carbonyl (C=O) groups excluding carboxylic acids is 2. The highest BCUT2D eigenvalue weighted by Gasteiger charge is 2.28. The van der Waals surface area contributed by atoms with Crippen molar-refractivity contribution in [2.45, 2.75) is 219 Å².